The van der Waals surface area contributed by atoms with Crippen LogP contribution in [0.2, 0.25) is 0 Å². The number of aromatic nitrogens is 2. The highest BCUT2D eigenvalue weighted by Gasteiger charge is 2.23. The first-order valence-corrected chi connectivity index (χ1v) is 12.1. The van der Waals surface area contributed by atoms with E-state index in [1.54, 1.807) is 12.4 Å². The molecule has 27 heavy (non-hydrogen) atoms. The van der Waals surface area contributed by atoms with E-state index < -0.39 is 0 Å². The van der Waals surface area contributed by atoms with Crippen LogP contribution >= 0.6 is 22.6 Å². The molecule has 0 saturated heterocycles. The maximum absolute atomic E-state index is 6.52. The van der Waals surface area contributed by atoms with Gasteiger partial charge in [-0.15, -0.1) is 0 Å². The average molecular weight is 478 g/mol. The van der Waals surface area contributed by atoms with Crippen molar-refractivity contribution in [2.24, 2.45) is 0 Å². The Bertz CT molecular complexity index is 732. The minimum atomic E-state index is 0.331. The Morgan fingerprint density at radius 3 is 2.19 bits per heavy atom. The third-order valence-electron chi connectivity index (χ3n) is 6.29. The molecular weight excluding hydrogens is 447 g/mol. The van der Waals surface area contributed by atoms with Crippen molar-refractivity contribution in [1.29, 1.82) is 0 Å². The van der Waals surface area contributed by atoms with Crippen molar-refractivity contribution in [3.63, 3.8) is 0 Å². The van der Waals surface area contributed by atoms with Gasteiger partial charge in [0.1, 0.15) is 11.3 Å². The summed E-state index contributed by atoms with van der Waals surface area (Å²) in [6.07, 6.45) is 19.6. The van der Waals surface area contributed by atoms with Crippen LogP contribution < -0.4 is 4.74 Å². The van der Waals surface area contributed by atoms with Gasteiger partial charge in [-0.25, -0.2) is 4.98 Å². The second-order valence-electron chi connectivity index (χ2n) is 8.33. The minimum absolute atomic E-state index is 0.331. The number of rotatable bonds is 3. The smallest absolute Gasteiger partial charge is 0.147 e. The first-order valence-electron chi connectivity index (χ1n) is 10.8. The molecule has 0 bridgehead atoms. The van der Waals surface area contributed by atoms with Gasteiger partial charge in [0, 0.05) is 16.3 Å². The highest BCUT2D eigenvalue weighted by Crippen LogP contribution is 2.36. The number of benzene rings is 1. The third kappa shape index (κ3) is 5.12. The van der Waals surface area contributed by atoms with Gasteiger partial charge >= 0.3 is 0 Å². The number of alkyl halides is 1. The van der Waals surface area contributed by atoms with E-state index in [0.717, 1.165) is 33.5 Å². The molecule has 146 valence electrons. The molecule has 4 rings (SSSR count). The highest BCUT2D eigenvalue weighted by molar-refractivity contribution is 14.1. The SMILES string of the molecule is I[C@H]1CC[C@@H](Oc2cc(C3CCCCCCCC3)cc3nccnc23)CC1. The quantitative estimate of drug-likeness (QED) is 0.353. The fraction of sp³-hybridized carbons (Fsp3) is 0.652. The van der Waals surface area contributed by atoms with E-state index in [2.05, 4.69) is 44.7 Å². The molecule has 0 unspecified atom stereocenters. The summed E-state index contributed by atoms with van der Waals surface area (Å²) in [5.74, 6) is 1.61. The normalized spacial score (nSPS) is 25.5. The molecule has 1 heterocycles. The van der Waals surface area contributed by atoms with E-state index in [1.807, 2.05) is 0 Å². The Labute approximate surface area is 176 Å². The summed E-state index contributed by atoms with van der Waals surface area (Å²) >= 11 is 2.58. The van der Waals surface area contributed by atoms with E-state index in [4.69, 9.17) is 4.74 Å². The lowest BCUT2D eigenvalue weighted by atomic mass is 9.89. The molecule has 2 aliphatic carbocycles. The van der Waals surface area contributed by atoms with Gasteiger partial charge in [-0.05, 0) is 62.1 Å². The molecule has 0 aliphatic heterocycles. The second-order valence-corrected chi connectivity index (χ2v) is 10.1. The van der Waals surface area contributed by atoms with Gasteiger partial charge in [0.05, 0.1) is 11.6 Å². The standard InChI is InChI=1S/C23H31IN2O/c24-19-9-11-20(12-10-19)27-22-16-18(15-21-23(22)26-14-13-25-21)17-7-5-3-1-2-4-6-8-17/h13-17,19-20H,1-12H2/t19-,20+. The molecule has 0 radical (unpaired) electrons. The lowest BCUT2D eigenvalue weighted by molar-refractivity contribution is 0.160. The topological polar surface area (TPSA) is 35.0 Å². The van der Waals surface area contributed by atoms with Crippen LogP contribution in [0.3, 0.4) is 0 Å². The Kier molecular flexibility index (Phi) is 6.85. The predicted molar refractivity (Wildman–Crippen MR) is 120 cm³/mol. The van der Waals surface area contributed by atoms with E-state index in [-0.39, 0.29) is 0 Å². The zero-order chi connectivity index (χ0) is 18.5. The van der Waals surface area contributed by atoms with Crippen molar-refractivity contribution >= 4 is 33.6 Å². The molecule has 3 nitrogen and oxygen atoms in total. The molecule has 2 aliphatic rings. The fourth-order valence-corrected chi connectivity index (χ4v) is 5.39. The summed E-state index contributed by atoms with van der Waals surface area (Å²) in [6, 6.07) is 4.58. The fourth-order valence-electron chi connectivity index (χ4n) is 4.67. The lowest BCUT2D eigenvalue weighted by Gasteiger charge is -2.27. The average Bonchev–Trinajstić information content (AvgIpc) is 2.83. The van der Waals surface area contributed by atoms with Gasteiger partial charge in [0.2, 0.25) is 0 Å². The van der Waals surface area contributed by atoms with Crippen LogP contribution in [-0.4, -0.2) is 20.0 Å². The summed E-state index contributed by atoms with van der Waals surface area (Å²) in [7, 11) is 0. The van der Waals surface area contributed by atoms with Crippen LogP contribution in [0.1, 0.15) is 88.5 Å². The summed E-state index contributed by atoms with van der Waals surface area (Å²) in [4.78, 5) is 9.23. The van der Waals surface area contributed by atoms with Crippen molar-refractivity contribution in [2.75, 3.05) is 0 Å². The first-order chi connectivity index (χ1) is 13.3. The van der Waals surface area contributed by atoms with Gasteiger partial charge in [-0.2, -0.15) is 0 Å². The molecule has 2 saturated carbocycles. The van der Waals surface area contributed by atoms with Crippen LogP contribution in [0.5, 0.6) is 5.75 Å². The summed E-state index contributed by atoms with van der Waals surface area (Å²) in [6.45, 7) is 0. The number of hydrogen-bond donors (Lipinski definition) is 0. The van der Waals surface area contributed by atoms with Crippen molar-refractivity contribution in [3.05, 3.63) is 30.1 Å². The van der Waals surface area contributed by atoms with Crippen LogP contribution in [0.25, 0.3) is 11.0 Å². The Hall–Kier alpha value is -0.910. The van der Waals surface area contributed by atoms with Crippen LogP contribution in [-0.2, 0) is 0 Å². The Balaban J connectivity index is 1.61. The summed E-state index contributed by atoms with van der Waals surface area (Å²) in [5, 5.41) is 0. The number of ether oxygens (including phenoxy) is 1. The zero-order valence-electron chi connectivity index (χ0n) is 16.2. The number of nitrogens with zero attached hydrogens (tertiary/aromatic N) is 2. The van der Waals surface area contributed by atoms with Gasteiger partial charge in [-0.3, -0.25) is 4.98 Å². The van der Waals surface area contributed by atoms with Crippen molar-refractivity contribution in [3.8, 4) is 5.75 Å². The molecule has 4 heteroatoms. The maximum Gasteiger partial charge on any atom is 0.147 e. The number of fused-ring (bicyclic) bond motifs is 1. The zero-order valence-corrected chi connectivity index (χ0v) is 18.4. The van der Waals surface area contributed by atoms with E-state index in [0.29, 0.717) is 12.0 Å². The van der Waals surface area contributed by atoms with Crippen LogP contribution in [0, 0.1) is 0 Å². The monoisotopic (exact) mass is 478 g/mol. The van der Waals surface area contributed by atoms with Crippen molar-refractivity contribution in [1.82, 2.24) is 9.97 Å². The van der Waals surface area contributed by atoms with E-state index >= 15 is 0 Å². The van der Waals surface area contributed by atoms with E-state index in [1.165, 1.54) is 69.8 Å². The number of hydrogen-bond acceptors (Lipinski definition) is 3. The molecule has 0 spiro atoms. The Morgan fingerprint density at radius 1 is 0.778 bits per heavy atom. The van der Waals surface area contributed by atoms with E-state index in [9.17, 15) is 0 Å². The molecular formula is C23H31IN2O. The molecule has 2 aromatic rings. The van der Waals surface area contributed by atoms with Gasteiger partial charge in [0.25, 0.3) is 0 Å². The summed E-state index contributed by atoms with van der Waals surface area (Å²) < 4.78 is 7.33. The molecule has 1 aromatic carbocycles. The van der Waals surface area contributed by atoms with Gasteiger partial charge in [-0.1, -0.05) is 61.1 Å². The summed E-state index contributed by atoms with van der Waals surface area (Å²) in [5.41, 5.74) is 3.34. The lowest BCUT2D eigenvalue weighted by Crippen LogP contribution is -2.24. The van der Waals surface area contributed by atoms with Crippen molar-refractivity contribution < 1.29 is 4.74 Å². The minimum Gasteiger partial charge on any atom is -0.488 e. The maximum atomic E-state index is 6.52. The van der Waals surface area contributed by atoms with Gasteiger partial charge < -0.3 is 4.74 Å². The van der Waals surface area contributed by atoms with Crippen LogP contribution in [0.4, 0.5) is 0 Å². The predicted octanol–water partition coefficient (Wildman–Crippen LogP) is 6.97. The van der Waals surface area contributed by atoms with Crippen LogP contribution in [0.15, 0.2) is 24.5 Å². The third-order valence-corrected chi connectivity index (χ3v) is 7.53. The highest BCUT2D eigenvalue weighted by atomic mass is 127. The second kappa shape index (κ2) is 9.53. The number of halogens is 1. The molecule has 0 amide bonds. The molecule has 0 atom stereocenters. The van der Waals surface area contributed by atoms with Crippen molar-refractivity contribution in [2.45, 2.75) is 93.0 Å². The Morgan fingerprint density at radius 2 is 1.44 bits per heavy atom. The molecule has 1 aromatic heterocycles. The first kappa shape index (κ1) is 19.4. The van der Waals surface area contributed by atoms with Gasteiger partial charge in [0.15, 0.2) is 0 Å². The molecule has 2 fully saturated rings. The largest absolute Gasteiger partial charge is 0.488 e. The molecule has 0 N–H and O–H groups in total.